The van der Waals surface area contributed by atoms with Gasteiger partial charge >= 0.3 is 0 Å². The molecule has 5 nitrogen and oxygen atoms in total. The van der Waals surface area contributed by atoms with Crippen LogP contribution >= 0.6 is 0 Å². The van der Waals surface area contributed by atoms with E-state index in [-0.39, 0.29) is 5.91 Å². The highest BCUT2D eigenvalue weighted by molar-refractivity contribution is 5.89. The Morgan fingerprint density at radius 1 is 1.10 bits per heavy atom. The lowest BCUT2D eigenvalue weighted by Crippen LogP contribution is -2.31. The Morgan fingerprint density at radius 2 is 1.90 bits per heavy atom. The molecule has 0 unspecified atom stereocenters. The average Bonchev–Trinajstić information content (AvgIpc) is 3.13. The molecule has 0 aliphatic carbocycles. The predicted octanol–water partition coefficient (Wildman–Crippen LogP) is 5.05. The van der Waals surface area contributed by atoms with Crippen LogP contribution in [0.5, 0.6) is 11.5 Å². The molecule has 0 N–H and O–H groups in total. The third-order valence-corrected chi connectivity index (χ3v) is 5.32. The molecule has 0 radical (unpaired) electrons. The fraction of sp³-hybridized carbons (Fsp3) is 0.375. The summed E-state index contributed by atoms with van der Waals surface area (Å²) < 4.78 is 16.8. The van der Waals surface area contributed by atoms with Gasteiger partial charge in [0.05, 0.1) is 26.4 Å². The van der Waals surface area contributed by atoms with Crippen LogP contribution in [0.1, 0.15) is 36.1 Å². The average molecular weight is 395 g/mol. The van der Waals surface area contributed by atoms with Crippen molar-refractivity contribution in [3.63, 3.8) is 0 Å². The fourth-order valence-electron chi connectivity index (χ4n) is 3.48. The number of aryl methyl sites for hydroxylation is 2. The molecule has 0 aliphatic rings. The Labute approximate surface area is 172 Å². The molecule has 29 heavy (non-hydrogen) atoms. The van der Waals surface area contributed by atoms with E-state index in [2.05, 4.69) is 13.0 Å². The minimum atomic E-state index is 0.0706. The number of carbonyl (C=O) groups is 1. The Morgan fingerprint density at radius 3 is 2.59 bits per heavy atom. The summed E-state index contributed by atoms with van der Waals surface area (Å²) in [4.78, 5) is 14.8. The van der Waals surface area contributed by atoms with Crippen LogP contribution in [0.2, 0.25) is 0 Å². The molecule has 5 heteroatoms. The second-order valence-electron chi connectivity index (χ2n) is 7.15. The number of hydrogen-bond acceptors (Lipinski definition) is 4. The monoisotopic (exact) mass is 395 g/mol. The molecule has 1 heterocycles. The van der Waals surface area contributed by atoms with Crippen LogP contribution in [-0.4, -0.2) is 31.1 Å². The van der Waals surface area contributed by atoms with Gasteiger partial charge in [0.2, 0.25) is 5.91 Å². The maximum absolute atomic E-state index is 13.0. The van der Waals surface area contributed by atoms with Gasteiger partial charge in [0.25, 0.3) is 0 Å². The second-order valence-corrected chi connectivity index (χ2v) is 7.15. The summed E-state index contributed by atoms with van der Waals surface area (Å²) in [6.07, 6.45) is 2.03. The third-order valence-electron chi connectivity index (χ3n) is 5.32. The zero-order valence-corrected chi connectivity index (χ0v) is 17.9. The lowest BCUT2D eigenvalue weighted by atomic mass is 10.0. The van der Waals surface area contributed by atoms with Gasteiger partial charge in [-0.1, -0.05) is 18.2 Å². The van der Waals surface area contributed by atoms with Crippen molar-refractivity contribution in [2.45, 2.75) is 40.7 Å². The number of carbonyl (C=O) groups excluding carboxylic acids is 1. The van der Waals surface area contributed by atoms with Crippen molar-refractivity contribution in [2.75, 3.05) is 20.3 Å². The third kappa shape index (κ3) is 4.39. The van der Waals surface area contributed by atoms with Gasteiger partial charge in [0.1, 0.15) is 5.58 Å². The quantitative estimate of drug-likeness (QED) is 0.536. The lowest BCUT2D eigenvalue weighted by Gasteiger charge is -2.21. The van der Waals surface area contributed by atoms with Crippen LogP contribution in [0.4, 0.5) is 0 Å². The number of amides is 1. The number of fused-ring (bicyclic) bond motifs is 1. The number of likely N-dealkylation sites (N-methyl/N-ethyl adjacent to an activating group) is 1. The molecule has 3 rings (SSSR count). The zero-order chi connectivity index (χ0) is 21.0. The maximum atomic E-state index is 13.0. The maximum Gasteiger partial charge on any atom is 0.227 e. The van der Waals surface area contributed by atoms with Gasteiger partial charge in [-0.05, 0) is 56.5 Å². The van der Waals surface area contributed by atoms with Crippen LogP contribution in [0.25, 0.3) is 11.0 Å². The van der Waals surface area contributed by atoms with E-state index in [0.717, 1.165) is 27.7 Å². The Kier molecular flexibility index (Phi) is 6.47. The summed E-state index contributed by atoms with van der Waals surface area (Å²) in [6, 6.07) is 9.91. The Hall–Kier alpha value is -2.95. The highest BCUT2D eigenvalue weighted by atomic mass is 16.5. The van der Waals surface area contributed by atoms with Crippen LogP contribution in [-0.2, 0) is 17.8 Å². The highest BCUT2D eigenvalue weighted by Gasteiger charge is 2.18. The molecule has 0 fully saturated rings. The van der Waals surface area contributed by atoms with Crippen LogP contribution in [0, 0.1) is 13.8 Å². The minimum Gasteiger partial charge on any atom is -0.493 e. The van der Waals surface area contributed by atoms with Crippen molar-refractivity contribution in [3.8, 4) is 11.5 Å². The molecular weight excluding hydrogens is 366 g/mol. The molecule has 1 aromatic heterocycles. The molecule has 2 aromatic carbocycles. The fourth-order valence-corrected chi connectivity index (χ4v) is 3.48. The van der Waals surface area contributed by atoms with E-state index < -0.39 is 0 Å². The molecule has 0 saturated carbocycles. The summed E-state index contributed by atoms with van der Waals surface area (Å²) in [6.45, 7) is 9.76. The van der Waals surface area contributed by atoms with Gasteiger partial charge in [-0.15, -0.1) is 0 Å². The van der Waals surface area contributed by atoms with Crippen molar-refractivity contribution in [1.29, 1.82) is 0 Å². The smallest absolute Gasteiger partial charge is 0.227 e. The van der Waals surface area contributed by atoms with Gasteiger partial charge in [0, 0.05) is 24.0 Å². The van der Waals surface area contributed by atoms with E-state index in [9.17, 15) is 4.79 Å². The summed E-state index contributed by atoms with van der Waals surface area (Å²) in [5.74, 6) is 1.46. The van der Waals surface area contributed by atoms with Crippen molar-refractivity contribution < 1.29 is 18.7 Å². The molecule has 0 atom stereocenters. The van der Waals surface area contributed by atoms with Crippen molar-refractivity contribution >= 4 is 16.9 Å². The number of benzene rings is 2. The van der Waals surface area contributed by atoms with Crippen molar-refractivity contribution in [2.24, 2.45) is 0 Å². The van der Waals surface area contributed by atoms with E-state index in [1.165, 1.54) is 5.56 Å². The minimum absolute atomic E-state index is 0.0706. The molecule has 3 aromatic rings. The molecule has 1 amide bonds. The number of ether oxygens (including phenoxy) is 2. The topological polar surface area (TPSA) is 51.9 Å². The summed E-state index contributed by atoms with van der Waals surface area (Å²) in [5.41, 5.74) is 5.10. The summed E-state index contributed by atoms with van der Waals surface area (Å²) in [5, 5.41) is 1.01. The SMILES string of the molecule is CCOc1ccc(CN(CC)C(=O)Cc2coc3c(C)c(C)ccc23)cc1OC. The van der Waals surface area contributed by atoms with Crippen molar-refractivity contribution in [1.82, 2.24) is 4.90 Å². The van der Waals surface area contributed by atoms with Gasteiger partial charge in [-0.2, -0.15) is 0 Å². The van der Waals surface area contributed by atoms with E-state index >= 15 is 0 Å². The molecule has 0 bridgehead atoms. The summed E-state index contributed by atoms with van der Waals surface area (Å²) >= 11 is 0. The molecule has 0 spiro atoms. The van der Waals surface area contributed by atoms with E-state index in [1.807, 2.05) is 49.9 Å². The van der Waals surface area contributed by atoms with E-state index in [1.54, 1.807) is 13.4 Å². The molecule has 0 saturated heterocycles. The normalized spacial score (nSPS) is 10.9. The van der Waals surface area contributed by atoms with Crippen molar-refractivity contribution in [3.05, 3.63) is 58.8 Å². The van der Waals surface area contributed by atoms with Crippen LogP contribution in [0.3, 0.4) is 0 Å². The molecular formula is C24H29NO4. The van der Waals surface area contributed by atoms with Gasteiger partial charge in [-0.3, -0.25) is 4.79 Å². The second kappa shape index (κ2) is 9.03. The first-order valence-electron chi connectivity index (χ1n) is 10.0. The first-order chi connectivity index (χ1) is 14.0. The zero-order valence-electron chi connectivity index (χ0n) is 17.9. The number of hydrogen-bond donors (Lipinski definition) is 0. The Balaban J connectivity index is 1.77. The molecule has 0 aliphatic heterocycles. The number of methoxy groups -OCH3 is 1. The first-order valence-corrected chi connectivity index (χ1v) is 10.0. The summed E-state index contributed by atoms with van der Waals surface area (Å²) in [7, 11) is 1.62. The van der Waals surface area contributed by atoms with Gasteiger partial charge < -0.3 is 18.8 Å². The first kappa shape index (κ1) is 20.8. The van der Waals surface area contributed by atoms with Crippen LogP contribution in [0.15, 0.2) is 41.0 Å². The highest BCUT2D eigenvalue weighted by Crippen LogP contribution is 2.29. The Bertz CT molecular complexity index is 1010. The van der Waals surface area contributed by atoms with Crippen LogP contribution < -0.4 is 9.47 Å². The number of furan rings is 1. The van der Waals surface area contributed by atoms with Gasteiger partial charge in [-0.25, -0.2) is 0 Å². The van der Waals surface area contributed by atoms with Gasteiger partial charge in [0.15, 0.2) is 11.5 Å². The molecule has 154 valence electrons. The van der Waals surface area contributed by atoms with E-state index in [4.69, 9.17) is 13.9 Å². The standard InChI is InChI=1S/C24H29NO4/c1-6-25(14-18-9-11-21(28-7-2)22(12-18)27-5)23(26)13-19-15-29-24-17(4)16(3)8-10-20(19)24/h8-12,15H,6-7,13-14H2,1-5H3. The number of rotatable bonds is 8. The lowest BCUT2D eigenvalue weighted by molar-refractivity contribution is -0.130. The van der Waals surface area contributed by atoms with E-state index in [0.29, 0.717) is 37.6 Å². The largest absolute Gasteiger partial charge is 0.493 e. The number of nitrogens with zero attached hydrogens (tertiary/aromatic N) is 1. The predicted molar refractivity (Wildman–Crippen MR) is 115 cm³/mol.